The summed E-state index contributed by atoms with van der Waals surface area (Å²) in [5, 5.41) is 8.31. The molecule has 0 aromatic rings. The zero-order chi connectivity index (χ0) is 10.1. The lowest BCUT2D eigenvalue weighted by molar-refractivity contribution is -0.138. The average Bonchev–Trinajstić information content (AvgIpc) is 1.87. The van der Waals surface area contributed by atoms with Crippen LogP contribution in [0.15, 0.2) is 0 Å². The summed E-state index contributed by atoms with van der Waals surface area (Å²) in [5.74, 6) is -0.556. The van der Waals surface area contributed by atoms with E-state index in [0.29, 0.717) is 12.3 Å². The molecule has 0 aromatic carbocycles. The van der Waals surface area contributed by atoms with E-state index in [-0.39, 0.29) is 0 Å². The van der Waals surface area contributed by atoms with Crippen molar-refractivity contribution < 1.29 is 9.90 Å². The summed E-state index contributed by atoms with van der Waals surface area (Å²) in [6, 6.07) is -0.690. The van der Waals surface area contributed by atoms with Crippen molar-refractivity contribution in [3.05, 3.63) is 0 Å². The number of rotatable bonds is 3. The van der Waals surface area contributed by atoms with Crippen molar-refractivity contribution in [3.8, 4) is 0 Å². The van der Waals surface area contributed by atoms with Gasteiger partial charge in [0.05, 0.1) is 0 Å². The Labute approximate surface area is 75.0 Å². The van der Waals surface area contributed by atoms with Gasteiger partial charge in [0.25, 0.3) is 0 Å². The van der Waals surface area contributed by atoms with Gasteiger partial charge >= 0.3 is 5.97 Å². The van der Waals surface area contributed by atoms with Gasteiger partial charge in [0.2, 0.25) is 0 Å². The van der Waals surface area contributed by atoms with Gasteiger partial charge in [-0.3, -0.25) is 4.79 Å². The number of carboxylic acids is 1. The molecule has 3 nitrogen and oxygen atoms in total. The van der Waals surface area contributed by atoms with Crippen LogP contribution in [0.5, 0.6) is 0 Å². The lowest BCUT2D eigenvalue weighted by Gasteiger charge is -2.07. The number of carbonyl (C=O) groups is 1. The molecule has 0 amide bonds. The molecule has 0 aliphatic heterocycles. The third-order valence-corrected chi connectivity index (χ3v) is 1.04. The molecule has 0 aromatic heterocycles. The van der Waals surface area contributed by atoms with Gasteiger partial charge in [0.1, 0.15) is 6.04 Å². The summed E-state index contributed by atoms with van der Waals surface area (Å²) >= 11 is 0. The zero-order valence-electron chi connectivity index (χ0n) is 8.50. The van der Waals surface area contributed by atoms with Crippen LogP contribution in [0.1, 0.15) is 40.5 Å². The van der Waals surface area contributed by atoms with Crippen molar-refractivity contribution in [2.75, 3.05) is 0 Å². The third-order valence-electron chi connectivity index (χ3n) is 1.04. The van der Waals surface area contributed by atoms with Crippen LogP contribution in [0.3, 0.4) is 0 Å². The molecule has 0 rings (SSSR count). The van der Waals surface area contributed by atoms with Crippen LogP contribution in [0.25, 0.3) is 0 Å². The normalized spacial score (nSPS) is 11.8. The molecule has 0 spiro atoms. The van der Waals surface area contributed by atoms with E-state index < -0.39 is 12.0 Å². The summed E-state index contributed by atoms with van der Waals surface area (Å²) in [5.41, 5.74) is 5.22. The van der Waals surface area contributed by atoms with Gasteiger partial charge in [-0.25, -0.2) is 0 Å². The van der Waals surface area contributed by atoms with Crippen molar-refractivity contribution in [2.24, 2.45) is 11.7 Å². The first-order chi connectivity index (χ1) is 5.45. The van der Waals surface area contributed by atoms with Crippen LogP contribution in [0.2, 0.25) is 0 Å². The van der Waals surface area contributed by atoms with E-state index in [0.717, 1.165) is 0 Å². The Hall–Kier alpha value is -0.570. The second kappa shape index (κ2) is 8.53. The van der Waals surface area contributed by atoms with Crippen LogP contribution in [-0.2, 0) is 4.79 Å². The van der Waals surface area contributed by atoms with Crippen molar-refractivity contribution >= 4 is 5.97 Å². The van der Waals surface area contributed by atoms with Gasteiger partial charge in [-0.1, -0.05) is 34.1 Å². The fraction of sp³-hybridized carbons (Fsp3) is 0.889. The molecule has 12 heavy (non-hydrogen) atoms. The summed E-state index contributed by atoms with van der Waals surface area (Å²) in [6.45, 7) is 8.14. The maximum Gasteiger partial charge on any atom is 0.320 e. The quantitative estimate of drug-likeness (QED) is 0.688. The molecule has 0 aliphatic rings. The predicted molar refractivity (Wildman–Crippen MR) is 51.0 cm³/mol. The molecular weight excluding hydrogens is 154 g/mol. The predicted octanol–water partition coefficient (Wildman–Crippen LogP) is 1.86. The molecule has 0 fully saturated rings. The Bertz CT molecular complexity index is 113. The average molecular weight is 175 g/mol. The highest BCUT2D eigenvalue weighted by atomic mass is 16.4. The van der Waals surface area contributed by atoms with Gasteiger partial charge in [-0.05, 0) is 12.3 Å². The molecule has 0 bridgehead atoms. The fourth-order valence-corrected chi connectivity index (χ4v) is 0.609. The van der Waals surface area contributed by atoms with E-state index in [2.05, 4.69) is 13.8 Å². The van der Waals surface area contributed by atoms with Gasteiger partial charge in [-0.15, -0.1) is 0 Å². The highest BCUT2D eigenvalue weighted by Gasteiger charge is 2.11. The van der Waals surface area contributed by atoms with Gasteiger partial charge in [0, 0.05) is 0 Å². The number of hydrogen-bond acceptors (Lipinski definition) is 2. The summed E-state index contributed by atoms with van der Waals surface area (Å²) in [7, 11) is 0. The van der Waals surface area contributed by atoms with Gasteiger partial charge in [0.15, 0.2) is 0 Å². The van der Waals surface area contributed by atoms with Crippen molar-refractivity contribution in [1.82, 2.24) is 0 Å². The van der Waals surface area contributed by atoms with E-state index in [4.69, 9.17) is 10.8 Å². The SMILES string of the molecule is CC(C)CC(N)C(=O)O.CCC. The minimum Gasteiger partial charge on any atom is -0.480 e. The molecule has 1 unspecified atom stereocenters. The van der Waals surface area contributed by atoms with Crippen LogP contribution in [0, 0.1) is 5.92 Å². The first kappa shape index (κ1) is 14.0. The fourth-order valence-electron chi connectivity index (χ4n) is 0.609. The largest absolute Gasteiger partial charge is 0.480 e. The summed E-state index contributed by atoms with van der Waals surface area (Å²) in [4.78, 5) is 10.1. The van der Waals surface area contributed by atoms with Crippen molar-refractivity contribution in [2.45, 2.75) is 46.6 Å². The molecule has 0 saturated carbocycles. The Kier molecular flexibility index (Phi) is 9.93. The second-order valence-corrected chi connectivity index (χ2v) is 3.28. The van der Waals surface area contributed by atoms with E-state index >= 15 is 0 Å². The molecule has 0 radical (unpaired) electrons. The van der Waals surface area contributed by atoms with Crippen LogP contribution >= 0.6 is 0 Å². The van der Waals surface area contributed by atoms with Crippen molar-refractivity contribution in [3.63, 3.8) is 0 Å². The molecule has 1 atom stereocenters. The standard InChI is InChI=1S/C6H13NO2.C3H8/c1-4(2)3-5(7)6(8)9;1-3-2/h4-5H,3,7H2,1-2H3,(H,8,9);3H2,1-2H3. The third kappa shape index (κ3) is 12.1. The lowest BCUT2D eigenvalue weighted by Crippen LogP contribution is -2.31. The van der Waals surface area contributed by atoms with E-state index in [9.17, 15) is 4.79 Å². The Morgan fingerprint density at radius 3 is 1.83 bits per heavy atom. The van der Waals surface area contributed by atoms with E-state index in [1.165, 1.54) is 6.42 Å². The second-order valence-electron chi connectivity index (χ2n) is 3.28. The van der Waals surface area contributed by atoms with Gasteiger partial charge < -0.3 is 10.8 Å². The topological polar surface area (TPSA) is 63.3 Å². The number of aliphatic carboxylic acids is 1. The minimum absolute atomic E-state index is 0.357. The number of carboxylic acid groups (broad SMARTS) is 1. The zero-order valence-corrected chi connectivity index (χ0v) is 8.50. The first-order valence-corrected chi connectivity index (χ1v) is 4.44. The molecule has 3 heteroatoms. The highest BCUT2D eigenvalue weighted by Crippen LogP contribution is 2.01. The number of hydrogen-bond donors (Lipinski definition) is 2. The van der Waals surface area contributed by atoms with Crippen LogP contribution in [-0.4, -0.2) is 17.1 Å². The summed E-state index contributed by atoms with van der Waals surface area (Å²) < 4.78 is 0. The minimum atomic E-state index is -0.913. The number of nitrogens with two attached hydrogens (primary N) is 1. The molecule has 3 N–H and O–H groups in total. The van der Waals surface area contributed by atoms with Gasteiger partial charge in [-0.2, -0.15) is 0 Å². The van der Waals surface area contributed by atoms with E-state index in [1.54, 1.807) is 0 Å². The maximum atomic E-state index is 10.1. The Morgan fingerprint density at radius 1 is 1.42 bits per heavy atom. The molecular formula is C9H21NO2. The molecule has 74 valence electrons. The lowest BCUT2D eigenvalue weighted by atomic mass is 10.1. The van der Waals surface area contributed by atoms with Crippen LogP contribution < -0.4 is 5.73 Å². The summed E-state index contributed by atoms with van der Waals surface area (Å²) in [6.07, 6.45) is 1.80. The maximum absolute atomic E-state index is 10.1. The molecule has 0 aliphatic carbocycles. The Balaban J connectivity index is 0. The van der Waals surface area contributed by atoms with Crippen LogP contribution in [0.4, 0.5) is 0 Å². The molecule has 0 heterocycles. The monoisotopic (exact) mass is 175 g/mol. The highest BCUT2D eigenvalue weighted by molar-refractivity contribution is 5.72. The van der Waals surface area contributed by atoms with E-state index in [1.807, 2.05) is 13.8 Å². The van der Waals surface area contributed by atoms with Crippen molar-refractivity contribution in [1.29, 1.82) is 0 Å². The smallest absolute Gasteiger partial charge is 0.320 e. The molecule has 0 saturated heterocycles. The first-order valence-electron chi connectivity index (χ1n) is 4.44. The Morgan fingerprint density at radius 2 is 1.75 bits per heavy atom.